The van der Waals surface area contributed by atoms with Crippen LogP contribution in [0.2, 0.25) is 18.1 Å². The Kier molecular flexibility index (Phi) is 10.9. The van der Waals surface area contributed by atoms with Gasteiger partial charge < -0.3 is 4.43 Å². The maximum atomic E-state index is 9.31. The summed E-state index contributed by atoms with van der Waals surface area (Å²) >= 11 is 6.55. The monoisotopic (exact) mass is 550 g/mol. The van der Waals surface area contributed by atoms with Gasteiger partial charge in [0.1, 0.15) is 9.21 Å². The van der Waals surface area contributed by atoms with Crippen molar-refractivity contribution in [2.24, 2.45) is 0 Å². The first-order valence-electron chi connectivity index (χ1n) is 9.64. The zero-order chi connectivity index (χ0) is 22.8. The van der Waals surface area contributed by atoms with Crippen LogP contribution in [0, 0.1) is 22.7 Å². The van der Waals surface area contributed by atoms with E-state index < -0.39 is 8.32 Å². The fraction of sp³-hybridized carbons (Fsp3) is 0.455. The van der Waals surface area contributed by atoms with Gasteiger partial charge in [0.05, 0.1) is 35.9 Å². The molecule has 0 aliphatic heterocycles. The van der Waals surface area contributed by atoms with Gasteiger partial charge in [0.15, 0.2) is 8.32 Å². The van der Waals surface area contributed by atoms with Crippen LogP contribution in [0.15, 0.2) is 45.6 Å². The van der Waals surface area contributed by atoms with Crippen molar-refractivity contribution in [3.8, 4) is 12.1 Å². The van der Waals surface area contributed by atoms with E-state index in [4.69, 9.17) is 9.69 Å². The summed E-state index contributed by atoms with van der Waals surface area (Å²) in [6, 6.07) is 15.5. The molecule has 0 aliphatic rings. The lowest BCUT2D eigenvalue weighted by Gasteiger charge is -2.36. The highest BCUT2D eigenvalue weighted by Gasteiger charge is 2.37. The van der Waals surface area contributed by atoms with Gasteiger partial charge in [-0.3, -0.25) is 0 Å². The highest BCUT2D eigenvalue weighted by atomic mass is 79.9. The Hall–Kier alpha value is -1.58. The maximum absolute atomic E-state index is 9.31. The molecule has 2 aromatic rings. The van der Waals surface area contributed by atoms with Crippen LogP contribution in [0.1, 0.15) is 44.5 Å². The van der Waals surface area contributed by atoms with E-state index in [9.17, 15) is 5.26 Å². The molecule has 0 N–H and O–H groups in total. The predicted molar refractivity (Wildman–Crippen MR) is 129 cm³/mol. The van der Waals surface area contributed by atoms with Crippen molar-refractivity contribution in [2.45, 2.75) is 57.7 Å². The largest absolute Gasteiger partial charge is 0.417 e. The molecule has 0 aromatic carbocycles. The van der Waals surface area contributed by atoms with E-state index in [-0.39, 0.29) is 11.0 Å². The fourth-order valence-corrected chi connectivity index (χ4v) is 3.97. The lowest BCUT2D eigenvalue weighted by atomic mass is 10.0. The first-order valence-corrected chi connectivity index (χ1v) is 14.1. The first-order chi connectivity index (χ1) is 14.0. The number of aromatic nitrogens is 2. The van der Waals surface area contributed by atoms with Crippen molar-refractivity contribution < 1.29 is 4.43 Å². The standard InChI is InChI=1S/C15H23BrN2OSi.C7H5BrN2/c1-15(2,3)20(4,5)19-10-9-12(11-17)13-7-6-8-14(16)18-13;8-7-3-1-2-6(10-7)4-5-9/h6-8,12H,9-10H2,1-5H3;1-3H,4H2. The number of nitriles is 2. The quantitative estimate of drug-likeness (QED) is 0.292. The maximum Gasteiger partial charge on any atom is 0.191 e. The number of pyridine rings is 2. The van der Waals surface area contributed by atoms with Gasteiger partial charge in [-0.15, -0.1) is 0 Å². The minimum atomic E-state index is -1.74. The lowest BCUT2D eigenvalue weighted by Crippen LogP contribution is -2.41. The molecule has 0 bridgehead atoms. The molecule has 2 rings (SSSR count). The third kappa shape index (κ3) is 9.05. The molecule has 1 atom stereocenters. The Balaban J connectivity index is 0.000000375. The number of halogens is 2. The third-order valence-corrected chi connectivity index (χ3v) is 10.4. The zero-order valence-electron chi connectivity index (χ0n) is 18.1. The second-order valence-corrected chi connectivity index (χ2v) is 14.7. The zero-order valence-corrected chi connectivity index (χ0v) is 22.3. The van der Waals surface area contributed by atoms with Crippen LogP contribution in [0.5, 0.6) is 0 Å². The highest BCUT2D eigenvalue weighted by molar-refractivity contribution is 9.10. The molecule has 2 aromatic heterocycles. The van der Waals surface area contributed by atoms with Crippen molar-refractivity contribution in [1.82, 2.24) is 9.97 Å². The molecule has 0 spiro atoms. The molecule has 0 saturated heterocycles. The van der Waals surface area contributed by atoms with Crippen LogP contribution in [-0.4, -0.2) is 24.9 Å². The molecule has 0 saturated carbocycles. The minimum Gasteiger partial charge on any atom is -0.417 e. The van der Waals surface area contributed by atoms with Gasteiger partial charge in [-0.1, -0.05) is 32.9 Å². The van der Waals surface area contributed by atoms with Gasteiger partial charge in [0.25, 0.3) is 0 Å². The highest BCUT2D eigenvalue weighted by Crippen LogP contribution is 2.36. The minimum absolute atomic E-state index is 0.198. The fourth-order valence-electron chi connectivity index (χ4n) is 2.17. The summed E-state index contributed by atoms with van der Waals surface area (Å²) in [6.07, 6.45) is 1.06. The SMILES string of the molecule is CC(C)(C)[Si](C)(C)OCCC(C#N)c1cccc(Br)n1.N#CCc1cccc(Br)n1. The van der Waals surface area contributed by atoms with Gasteiger partial charge in [-0.25, -0.2) is 9.97 Å². The second kappa shape index (κ2) is 12.3. The van der Waals surface area contributed by atoms with E-state index in [1.807, 2.05) is 42.5 Å². The Bertz CT molecular complexity index is 901. The van der Waals surface area contributed by atoms with E-state index in [0.29, 0.717) is 19.4 Å². The van der Waals surface area contributed by atoms with Gasteiger partial charge in [-0.2, -0.15) is 10.5 Å². The topological polar surface area (TPSA) is 82.6 Å². The van der Waals surface area contributed by atoms with Crippen molar-refractivity contribution in [3.05, 3.63) is 57.0 Å². The Labute approximate surface area is 197 Å². The number of hydrogen-bond donors (Lipinski definition) is 0. The predicted octanol–water partition coefficient (Wildman–Crippen LogP) is 6.77. The van der Waals surface area contributed by atoms with E-state index in [1.54, 1.807) is 0 Å². The molecule has 0 amide bonds. The lowest BCUT2D eigenvalue weighted by molar-refractivity contribution is 0.277. The summed E-state index contributed by atoms with van der Waals surface area (Å²) in [6.45, 7) is 11.7. The molecular weight excluding hydrogens is 524 g/mol. The van der Waals surface area contributed by atoms with E-state index >= 15 is 0 Å². The molecule has 0 radical (unpaired) electrons. The van der Waals surface area contributed by atoms with Crippen molar-refractivity contribution in [3.63, 3.8) is 0 Å². The van der Waals surface area contributed by atoms with Gasteiger partial charge in [0.2, 0.25) is 0 Å². The summed E-state index contributed by atoms with van der Waals surface area (Å²) in [5, 5.41) is 17.8. The summed E-state index contributed by atoms with van der Waals surface area (Å²) in [4.78, 5) is 8.42. The van der Waals surface area contributed by atoms with Gasteiger partial charge in [0, 0.05) is 6.61 Å². The van der Waals surface area contributed by atoms with E-state index in [0.717, 1.165) is 20.6 Å². The summed E-state index contributed by atoms with van der Waals surface area (Å²) in [5.74, 6) is -0.211. The summed E-state index contributed by atoms with van der Waals surface area (Å²) in [5.41, 5.74) is 1.61. The van der Waals surface area contributed by atoms with Crippen LogP contribution < -0.4 is 0 Å². The average molecular weight is 552 g/mol. The smallest absolute Gasteiger partial charge is 0.191 e. The third-order valence-electron chi connectivity index (χ3n) is 4.96. The summed E-state index contributed by atoms with van der Waals surface area (Å²) in [7, 11) is -1.74. The second-order valence-electron chi connectivity index (χ2n) is 8.25. The van der Waals surface area contributed by atoms with Crippen LogP contribution in [-0.2, 0) is 10.8 Å². The molecular formula is C22H28Br2N4OSi. The number of hydrogen-bond acceptors (Lipinski definition) is 5. The molecule has 30 heavy (non-hydrogen) atoms. The molecule has 2 heterocycles. The average Bonchev–Trinajstić information content (AvgIpc) is 2.65. The van der Waals surface area contributed by atoms with E-state index in [1.165, 1.54) is 0 Å². The molecule has 160 valence electrons. The molecule has 1 unspecified atom stereocenters. The van der Waals surface area contributed by atoms with Crippen molar-refractivity contribution >= 4 is 40.2 Å². The Morgan fingerprint density at radius 1 is 1.03 bits per heavy atom. The molecule has 0 fully saturated rings. The normalized spacial score (nSPS) is 12.2. The van der Waals surface area contributed by atoms with Crippen LogP contribution in [0.25, 0.3) is 0 Å². The van der Waals surface area contributed by atoms with Crippen LogP contribution in [0.3, 0.4) is 0 Å². The first kappa shape index (κ1) is 26.5. The Morgan fingerprint density at radius 3 is 2.13 bits per heavy atom. The van der Waals surface area contributed by atoms with Crippen LogP contribution >= 0.6 is 31.9 Å². The van der Waals surface area contributed by atoms with Gasteiger partial charge in [-0.05, 0) is 80.7 Å². The van der Waals surface area contributed by atoms with Crippen LogP contribution in [0.4, 0.5) is 0 Å². The Morgan fingerprint density at radius 2 is 1.63 bits per heavy atom. The summed E-state index contributed by atoms with van der Waals surface area (Å²) < 4.78 is 7.67. The molecule has 5 nitrogen and oxygen atoms in total. The molecule has 0 aliphatic carbocycles. The number of rotatable bonds is 6. The van der Waals surface area contributed by atoms with Crippen molar-refractivity contribution in [1.29, 1.82) is 10.5 Å². The molecule has 8 heteroatoms. The number of nitrogens with zero attached hydrogens (tertiary/aromatic N) is 4. The van der Waals surface area contributed by atoms with E-state index in [2.05, 4.69) is 81.8 Å². The van der Waals surface area contributed by atoms with Gasteiger partial charge >= 0.3 is 0 Å². The van der Waals surface area contributed by atoms with Crippen molar-refractivity contribution in [2.75, 3.05) is 6.61 Å².